The molecule has 5 nitrogen and oxygen atoms in total. The molecule has 2 saturated heterocycles. The van der Waals surface area contributed by atoms with Crippen LogP contribution in [-0.2, 0) is 6.54 Å². The summed E-state index contributed by atoms with van der Waals surface area (Å²) in [5.74, 6) is 0. The van der Waals surface area contributed by atoms with Crippen molar-refractivity contribution in [3.63, 3.8) is 0 Å². The van der Waals surface area contributed by atoms with Gasteiger partial charge in [-0.2, -0.15) is 0 Å². The third kappa shape index (κ3) is 3.62. The highest BCUT2D eigenvalue weighted by atomic mass is 15.3. The van der Waals surface area contributed by atoms with Gasteiger partial charge in [0.05, 0.1) is 6.33 Å². The topological polar surface area (TPSA) is 27.5 Å². The van der Waals surface area contributed by atoms with Gasteiger partial charge in [0.15, 0.2) is 0 Å². The quantitative estimate of drug-likeness (QED) is 0.685. The van der Waals surface area contributed by atoms with E-state index in [1.165, 1.54) is 36.4 Å². The van der Waals surface area contributed by atoms with Gasteiger partial charge in [0.1, 0.15) is 0 Å². The molecule has 3 aromatic rings. The first kappa shape index (κ1) is 17.3. The molecule has 0 radical (unpaired) electrons. The third-order valence-corrected chi connectivity index (χ3v) is 5.95. The van der Waals surface area contributed by atoms with Crippen LogP contribution in [0.3, 0.4) is 0 Å². The highest BCUT2D eigenvalue weighted by molar-refractivity contribution is 5.51. The summed E-state index contributed by atoms with van der Waals surface area (Å²) in [6.07, 6.45) is 6.96. The minimum absolute atomic E-state index is 1.05. The average molecular weight is 374 g/mol. The van der Waals surface area contributed by atoms with E-state index >= 15 is 0 Å². The van der Waals surface area contributed by atoms with E-state index < -0.39 is 0 Å². The second kappa shape index (κ2) is 7.68. The fraction of sp³-hybridized carbons (Fsp3) is 0.348. The molecule has 2 aromatic carbocycles. The normalized spacial score (nSPS) is 17.6. The molecule has 5 rings (SSSR count). The van der Waals surface area contributed by atoms with Crippen molar-refractivity contribution in [3.05, 3.63) is 72.8 Å². The van der Waals surface area contributed by atoms with Gasteiger partial charge in [-0.15, -0.1) is 0 Å². The van der Waals surface area contributed by atoms with Gasteiger partial charge < -0.3 is 14.4 Å². The number of anilines is 2. The lowest BCUT2D eigenvalue weighted by Crippen LogP contribution is -2.45. The van der Waals surface area contributed by atoms with Gasteiger partial charge in [-0.25, -0.2) is 4.98 Å². The van der Waals surface area contributed by atoms with Crippen molar-refractivity contribution in [2.75, 3.05) is 49.1 Å². The summed E-state index contributed by atoms with van der Waals surface area (Å²) in [6.45, 7) is 7.85. The Hall–Kier alpha value is -2.79. The maximum atomic E-state index is 4.12. The first-order valence-corrected chi connectivity index (χ1v) is 10.2. The molecule has 0 bridgehead atoms. The maximum Gasteiger partial charge on any atom is 0.0991 e. The molecule has 3 heterocycles. The number of nitrogens with zero attached hydrogens (tertiary/aromatic N) is 5. The Morgan fingerprint density at radius 3 is 1.86 bits per heavy atom. The largest absolute Gasteiger partial charge is 0.371 e. The summed E-state index contributed by atoms with van der Waals surface area (Å²) < 4.78 is 2.04. The molecule has 5 heteroatoms. The van der Waals surface area contributed by atoms with Gasteiger partial charge in [-0.05, 0) is 48.4 Å². The van der Waals surface area contributed by atoms with Crippen LogP contribution in [-0.4, -0.2) is 53.7 Å². The molecule has 2 aliphatic heterocycles. The molecule has 0 atom stereocenters. The van der Waals surface area contributed by atoms with Gasteiger partial charge in [0.2, 0.25) is 0 Å². The Kier molecular flexibility index (Phi) is 4.75. The SMILES string of the molecule is c1cn(-c2ccc(N3CCN(Cc4ccc(N5CCC5)cc4)CC3)cc2)cn1. The highest BCUT2D eigenvalue weighted by Gasteiger charge is 2.18. The summed E-state index contributed by atoms with van der Waals surface area (Å²) in [6, 6.07) is 18.0. The molecule has 144 valence electrons. The van der Waals surface area contributed by atoms with E-state index in [2.05, 4.69) is 68.2 Å². The van der Waals surface area contributed by atoms with Crippen LogP contribution in [0.1, 0.15) is 12.0 Å². The molecule has 0 spiro atoms. The van der Waals surface area contributed by atoms with Gasteiger partial charge in [-0.1, -0.05) is 12.1 Å². The Balaban J connectivity index is 1.15. The highest BCUT2D eigenvalue weighted by Crippen LogP contribution is 2.22. The van der Waals surface area contributed by atoms with Crippen LogP contribution in [0, 0.1) is 0 Å². The predicted molar refractivity (Wildman–Crippen MR) is 114 cm³/mol. The van der Waals surface area contributed by atoms with Gasteiger partial charge in [-0.3, -0.25) is 4.90 Å². The van der Waals surface area contributed by atoms with Crippen molar-refractivity contribution in [1.29, 1.82) is 0 Å². The van der Waals surface area contributed by atoms with E-state index in [4.69, 9.17) is 0 Å². The number of hydrogen-bond donors (Lipinski definition) is 0. The fourth-order valence-corrected chi connectivity index (χ4v) is 4.06. The Morgan fingerprint density at radius 2 is 1.29 bits per heavy atom. The number of hydrogen-bond acceptors (Lipinski definition) is 4. The lowest BCUT2D eigenvalue weighted by molar-refractivity contribution is 0.250. The van der Waals surface area contributed by atoms with Crippen molar-refractivity contribution in [2.24, 2.45) is 0 Å². The zero-order valence-electron chi connectivity index (χ0n) is 16.2. The lowest BCUT2D eigenvalue weighted by atomic mass is 10.1. The average Bonchev–Trinajstić information content (AvgIpc) is 3.24. The number of aromatic nitrogens is 2. The summed E-state index contributed by atoms with van der Waals surface area (Å²) in [4.78, 5) is 11.6. The number of rotatable bonds is 5. The van der Waals surface area contributed by atoms with Crippen molar-refractivity contribution >= 4 is 11.4 Å². The minimum Gasteiger partial charge on any atom is -0.371 e. The van der Waals surface area contributed by atoms with Crippen molar-refractivity contribution in [3.8, 4) is 5.69 Å². The van der Waals surface area contributed by atoms with E-state index in [-0.39, 0.29) is 0 Å². The first-order valence-electron chi connectivity index (χ1n) is 10.2. The second-order valence-electron chi connectivity index (χ2n) is 7.76. The maximum absolute atomic E-state index is 4.12. The van der Waals surface area contributed by atoms with Crippen molar-refractivity contribution in [2.45, 2.75) is 13.0 Å². The zero-order chi connectivity index (χ0) is 18.8. The summed E-state index contributed by atoms with van der Waals surface area (Å²) in [5.41, 5.74) is 5.25. The van der Waals surface area contributed by atoms with E-state index in [0.717, 1.165) is 38.4 Å². The first-order chi connectivity index (χ1) is 13.8. The molecule has 2 fully saturated rings. The summed E-state index contributed by atoms with van der Waals surface area (Å²) in [5, 5.41) is 0. The monoisotopic (exact) mass is 373 g/mol. The predicted octanol–water partition coefficient (Wildman–Crippen LogP) is 3.40. The third-order valence-electron chi connectivity index (χ3n) is 5.95. The van der Waals surface area contributed by atoms with E-state index in [9.17, 15) is 0 Å². The molecular weight excluding hydrogens is 346 g/mol. The molecule has 0 N–H and O–H groups in total. The smallest absolute Gasteiger partial charge is 0.0991 e. The van der Waals surface area contributed by atoms with Crippen LogP contribution < -0.4 is 9.80 Å². The molecule has 1 aromatic heterocycles. The molecule has 0 saturated carbocycles. The molecule has 28 heavy (non-hydrogen) atoms. The molecule has 0 aliphatic carbocycles. The Morgan fingerprint density at radius 1 is 0.679 bits per heavy atom. The Labute approximate surface area is 166 Å². The number of piperazine rings is 1. The molecule has 2 aliphatic rings. The van der Waals surface area contributed by atoms with Gasteiger partial charge in [0, 0.05) is 75.3 Å². The van der Waals surface area contributed by atoms with Crippen LogP contribution in [0.4, 0.5) is 11.4 Å². The lowest BCUT2D eigenvalue weighted by Gasteiger charge is -2.36. The van der Waals surface area contributed by atoms with Crippen LogP contribution in [0.5, 0.6) is 0 Å². The van der Waals surface area contributed by atoms with E-state index in [0.29, 0.717) is 0 Å². The van der Waals surface area contributed by atoms with Gasteiger partial charge in [0.25, 0.3) is 0 Å². The number of benzene rings is 2. The molecule has 0 unspecified atom stereocenters. The fourth-order valence-electron chi connectivity index (χ4n) is 4.06. The van der Waals surface area contributed by atoms with Gasteiger partial charge >= 0.3 is 0 Å². The van der Waals surface area contributed by atoms with Crippen LogP contribution in [0.25, 0.3) is 5.69 Å². The zero-order valence-corrected chi connectivity index (χ0v) is 16.2. The van der Waals surface area contributed by atoms with E-state index in [1.807, 2.05) is 23.3 Å². The molecule has 0 amide bonds. The van der Waals surface area contributed by atoms with Crippen molar-refractivity contribution < 1.29 is 0 Å². The Bertz CT molecular complexity index is 874. The van der Waals surface area contributed by atoms with Crippen LogP contribution in [0.2, 0.25) is 0 Å². The number of imidazole rings is 1. The molecular formula is C23H27N5. The van der Waals surface area contributed by atoms with Crippen molar-refractivity contribution in [1.82, 2.24) is 14.5 Å². The standard InChI is InChI=1S/C23H27N5/c1-11-26(12-1)21-4-2-20(3-5-21)18-25-14-16-27(17-15-25)22-6-8-23(9-7-22)28-13-10-24-19-28/h2-10,13,19H,1,11-12,14-18H2. The second-order valence-corrected chi connectivity index (χ2v) is 7.76. The van der Waals surface area contributed by atoms with Crippen LogP contribution >= 0.6 is 0 Å². The van der Waals surface area contributed by atoms with E-state index in [1.54, 1.807) is 0 Å². The summed E-state index contributed by atoms with van der Waals surface area (Å²) >= 11 is 0. The summed E-state index contributed by atoms with van der Waals surface area (Å²) in [7, 11) is 0. The minimum atomic E-state index is 1.05. The van der Waals surface area contributed by atoms with Crippen LogP contribution in [0.15, 0.2) is 67.3 Å².